The van der Waals surface area contributed by atoms with E-state index in [0.717, 1.165) is 22.5 Å². The smallest absolute Gasteiger partial charge is 0.233 e. The Labute approximate surface area is 177 Å². The third kappa shape index (κ3) is 1.70. The maximum Gasteiger partial charge on any atom is 0.233 e. The van der Waals surface area contributed by atoms with Crippen molar-refractivity contribution in [1.82, 2.24) is 10.6 Å². The number of para-hydroxylation sites is 2. The van der Waals surface area contributed by atoms with Gasteiger partial charge in [0.25, 0.3) is 0 Å². The number of amides is 4. The van der Waals surface area contributed by atoms with E-state index in [1.54, 1.807) is 0 Å². The fourth-order valence-electron chi connectivity index (χ4n) is 6.95. The molecular weight excluding hydrogens is 394 g/mol. The van der Waals surface area contributed by atoms with E-state index in [0.29, 0.717) is 0 Å². The normalized spacial score (nSPS) is 36.5. The van der Waals surface area contributed by atoms with Crippen LogP contribution >= 0.6 is 0 Å². The van der Waals surface area contributed by atoms with Crippen LogP contribution in [-0.2, 0) is 19.2 Å². The standard InChI is InChI=1S/C24H17N3O4/c28-20-16-13-10-14-12-8-4-5-9-15(12)27(11-6-2-1-3-7-11)24(14,18(16)22(30)25-20)19-17(13)21(29)26-23(19)31/h1-10,13,16-19H,(H,25,28,30)(H,26,29,31)/t13?,16-,17+,18-,19+,24?. The van der Waals surface area contributed by atoms with Gasteiger partial charge >= 0.3 is 0 Å². The summed E-state index contributed by atoms with van der Waals surface area (Å²) in [6, 6.07) is 17.4. The minimum absolute atomic E-state index is 0.357. The van der Waals surface area contributed by atoms with Crippen LogP contribution in [0.3, 0.4) is 0 Å². The molecule has 2 saturated heterocycles. The fourth-order valence-corrected chi connectivity index (χ4v) is 6.95. The molecule has 3 aliphatic heterocycles. The second kappa shape index (κ2) is 5.29. The van der Waals surface area contributed by atoms with Gasteiger partial charge in [-0.3, -0.25) is 29.8 Å². The van der Waals surface area contributed by atoms with Crippen molar-refractivity contribution in [1.29, 1.82) is 0 Å². The molecule has 152 valence electrons. The SMILES string of the molecule is O=C1NC(=O)[C@H]2[C@H]1C1C=C3c4ccccc4N(c4ccccc4)C32[C@@H]2C(=O)NC(=O)[C@@H]12. The van der Waals surface area contributed by atoms with E-state index in [1.807, 2.05) is 65.6 Å². The summed E-state index contributed by atoms with van der Waals surface area (Å²) in [6.45, 7) is 0. The van der Waals surface area contributed by atoms with Gasteiger partial charge in [0.15, 0.2) is 0 Å². The van der Waals surface area contributed by atoms with E-state index in [2.05, 4.69) is 10.6 Å². The lowest BCUT2D eigenvalue weighted by Gasteiger charge is -2.57. The van der Waals surface area contributed by atoms with Gasteiger partial charge in [-0.25, -0.2) is 0 Å². The Morgan fingerprint density at radius 2 is 1.29 bits per heavy atom. The minimum atomic E-state index is -1.14. The first-order chi connectivity index (χ1) is 15.0. The lowest BCUT2D eigenvalue weighted by Crippen LogP contribution is -2.68. The van der Waals surface area contributed by atoms with Gasteiger partial charge < -0.3 is 4.90 Å². The Balaban J connectivity index is 1.62. The molecule has 2 N–H and O–H groups in total. The van der Waals surface area contributed by atoms with Crippen LogP contribution in [0.4, 0.5) is 11.4 Å². The van der Waals surface area contributed by atoms with E-state index in [9.17, 15) is 19.2 Å². The summed E-state index contributed by atoms with van der Waals surface area (Å²) in [5.41, 5.74) is 2.36. The monoisotopic (exact) mass is 411 g/mol. The third-order valence-corrected chi connectivity index (χ3v) is 7.77. The summed E-state index contributed by atoms with van der Waals surface area (Å²) in [5, 5.41) is 5.01. The zero-order valence-corrected chi connectivity index (χ0v) is 16.2. The molecule has 4 amide bonds. The lowest BCUT2D eigenvalue weighted by atomic mass is 9.47. The van der Waals surface area contributed by atoms with E-state index in [4.69, 9.17) is 0 Å². The number of rotatable bonds is 1. The maximum absolute atomic E-state index is 13.2. The Kier molecular flexibility index (Phi) is 2.90. The van der Waals surface area contributed by atoms with E-state index >= 15 is 0 Å². The highest BCUT2D eigenvalue weighted by molar-refractivity contribution is 6.17. The zero-order valence-electron chi connectivity index (χ0n) is 16.2. The number of fused-ring (bicyclic) bond motifs is 1. The van der Waals surface area contributed by atoms with Gasteiger partial charge in [-0.15, -0.1) is 0 Å². The number of carbonyl (C=O) groups is 4. The molecule has 2 aromatic rings. The van der Waals surface area contributed by atoms with Crippen LogP contribution < -0.4 is 15.5 Å². The zero-order chi connectivity index (χ0) is 21.1. The summed E-state index contributed by atoms with van der Waals surface area (Å²) < 4.78 is 0. The van der Waals surface area contributed by atoms with Crippen LogP contribution in [0.15, 0.2) is 60.7 Å². The molecule has 2 bridgehead atoms. The van der Waals surface area contributed by atoms with Crippen molar-refractivity contribution in [2.45, 2.75) is 5.54 Å². The number of nitrogens with zero attached hydrogens (tertiary/aromatic N) is 1. The van der Waals surface area contributed by atoms with Crippen molar-refractivity contribution in [3.05, 3.63) is 66.2 Å². The highest BCUT2D eigenvalue weighted by Gasteiger charge is 2.77. The second-order valence-corrected chi connectivity index (χ2v) is 8.89. The van der Waals surface area contributed by atoms with Crippen molar-refractivity contribution in [3.8, 4) is 0 Å². The molecule has 1 spiro atoms. The first-order valence-corrected chi connectivity index (χ1v) is 10.4. The van der Waals surface area contributed by atoms with E-state index < -0.39 is 35.1 Å². The van der Waals surface area contributed by atoms with Crippen LogP contribution in [0, 0.1) is 29.6 Å². The summed E-state index contributed by atoms with van der Waals surface area (Å²) >= 11 is 0. The molecule has 3 fully saturated rings. The summed E-state index contributed by atoms with van der Waals surface area (Å²) in [6.07, 6.45) is 1.99. The fraction of sp³-hybridized carbons (Fsp3) is 0.250. The van der Waals surface area contributed by atoms with Gasteiger partial charge in [0, 0.05) is 22.9 Å². The number of anilines is 2. The maximum atomic E-state index is 13.2. The van der Waals surface area contributed by atoms with Gasteiger partial charge in [-0.2, -0.15) is 0 Å². The highest BCUT2D eigenvalue weighted by Crippen LogP contribution is 2.69. The molecule has 8 rings (SSSR count). The Morgan fingerprint density at radius 3 is 1.94 bits per heavy atom. The molecule has 2 aromatic carbocycles. The summed E-state index contributed by atoms with van der Waals surface area (Å²) in [7, 11) is 0. The molecule has 3 heterocycles. The van der Waals surface area contributed by atoms with Crippen molar-refractivity contribution < 1.29 is 19.2 Å². The average molecular weight is 411 g/mol. The molecule has 7 nitrogen and oxygen atoms in total. The molecule has 0 aromatic heterocycles. The Hall–Kier alpha value is -3.74. The predicted molar refractivity (Wildman–Crippen MR) is 109 cm³/mol. The van der Waals surface area contributed by atoms with E-state index in [-0.39, 0.29) is 23.6 Å². The molecule has 7 heteroatoms. The average Bonchev–Trinajstić information content (AvgIpc) is 3.37. The van der Waals surface area contributed by atoms with Crippen LogP contribution in [0.25, 0.3) is 5.57 Å². The molecule has 6 aliphatic rings. The number of imide groups is 2. The van der Waals surface area contributed by atoms with Gasteiger partial charge in [-0.05, 0) is 23.8 Å². The van der Waals surface area contributed by atoms with Crippen LogP contribution in [0.5, 0.6) is 0 Å². The van der Waals surface area contributed by atoms with Crippen molar-refractivity contribution in [3.63, 3.8) is 0 Å². The van der Waals surface area contributed by atoms with Gasteiger partial charge in [0.1, 0.15) is 0 Å². The molecule has 2 unspecified atom stereocenters. The molecular formula is C24H17N3O4. The van der Waals surface area contributed by atoms with Crippen LogP contribution in [-0.4, -0.2) is 29.2 Å². The minimum Gasteiger partial charge on any atom is -0.329 e. The van der Waals surface area contributed by atoms with Crippen molar-refractivity contribution in [2.24, 2.45) is 29.6 Å². The topological polar surface area (TPSA) is 95.6 Å². The molecule has 0 radical (unpaired) electrons. The first kappa shape index (κ1) is 17.0. The Morgan fingerprint density at radius 1 is 0.710 bits per heavy atom. The number of hydrogen-bond acceptors (Lipinski definition) is 5. The Bertz CT molecular complexity index is 1220. The lowest BCUT2D eigenvalue weighted by molar-refractivity contribution is -0.138. The number of carbonyl (C=O) groups excluding carboxylic acids is 4. The van der Waals surface area contributed by atoms with Gasteiger partial charge in [0.2, 0.25) is 23.6 Å². The van der Waals surface area contributed by atoms with Crippen molar-refractivity contribution >= 4 is 40.6 Å². The molecule has 1 saturated carbocycles. The quantitative estimate of drug-likeness (QED) is 0.692. The first-order valence-electron chi connectivity index (χ1n) is 10.4. The van der Waals surface area contributed by atoms with Gasteiger partial charge in [-0.1, -0.05) is 42.5 Å². The van der Waals surface area contributed by atoms with Crippen LogP contribution in [0.1, 0.15) is 5.56 Å². The van der Waals surface area contributed by atoms with E-state index in [1.165, 1.54) is 0 Å². The molecule has 3 aliphatic carbocycles. The number of allylic oxidation sites excluding steroid dienone is 1. The third-order valence-electron chi connectivity index (χ3n) is 7.77. The largest absolute Gasteiger partial charge is 0.329 e. The van der Waals surface area contributed by atoms with Crippen molar-refractivity contribution in [2.75, 3.05) is 4.90 Å². The van der Waals surface area contributed by atoms with Crippen LogP contribution in [0.2, 0.25) is 0 Å². The summed E-state index contributed by atoms with van der Waals surface area (Å²) in [4.78, 5) is 54.3. The molecule has 6 atom stereocenters. The van der Waals surface area contributed by atoms with Gasteiger partial charge in [0.05, 0.1) is 29.2 Å². The second-order valence-electron chi connectivity index (χ2n) is 8.89. The summed E-state index contributed by atoms with van der Waals surface area (Å²) in [5.74, 6) is -4.80. The highest BCUT2D eigenvalue weighted by atomic mass is 16.2. The number of benzene rings is 2. The number of hydrogen-bond donors (Lipinski definition) is 2. The number of nitrogens with one attached hydrogen (secondary N) is 2. The molecule has 31 heavy (non-hydrogen) atoms. The predicted octanol–water partition coefficient (Wildman–Crippen LogP) is 1.38.